The molecular weight excluding hydrogens is 400 g/mol. The fourth-order valence-corrected chi connectivity index (χ4v) is 3.76. The lowest BCUT2D eigenvalue weighted by atomic mass is 10.0. The quantitative estimate of drug-likeness (QED) is 0.174. The summed E-state index contributed by atoms with van der Waals surface area (Å²) in [4.78, 5) is 25.2. The molecule has 1 atom stereocenters. The van der Waals surface area contributed by atoms with Gasteiger partial charge >= 0.3 is 11.9 Å². The fourth-order valence-electron chi connectivity index (χ4n) is 3.76. The van der Waals surface area contributed by atoms with Gasteiger partial charge in [-0.2, -0.15) is 0 Å². The largest absolute Gasteiger partial charge is 0.490 e. The molecule has 2 aromatic carbocycles. The SMILES string of the molecule is CCCCCCCCc1ccccc1C(=O)OC(=O)c1ccc(OC(CC)CCC)cc1. The van der Waals surface area contributed by atoms with Gasteiger partial charge in [0.1, 0.15) is 5.75 Å². The fraction of sp³-hybridized carbons (Fsp3) is 0.500. The van der Waals surface area contributed by atoms with Gasteiger partial charge in [0.25, 0.3) is 0 Å². The van der Waals surface area contributed by atoms with E-state index >= 15 is 0 Å². The summed E-state index contributed by atoms with van der Waals surface area (Å²) in [5.74, 6) is -0.514. The molecule has 1 unspecified atom stereocenters. The third-order valence-electron chi connectivity index (χ3n) is 5.68. The first-order valence-corrected chi connectivity index (χ1v) is 12.2. The zero-order chi connectivity index (χ0) is 23.2. The highest BCUT2D eigenvalue weighted by Crippen LogP contribution is 2.19. The third kappa shape index (κ3) is 8.49. The van der Waals surface area contributed by atoms with Crippen molar-refractivity contribution >= 4 is 11.9 Å². The monoisotopic (exact) mass is 438 g/mol. The van der Waals surface area contributed by atoms with Gasteiger partial charge in [-0.15, -0.1) is 0 Å². The molecule has 0 bridgehead atoms. The molecule has 0 fully saturated rings. The highest BCUT2D eigenvalue weighted by atomic mass is 16.6. The van der Waals surface area contributed by atoms with E-state index in [4.69, 9.17) is 9.47 Å². The van der Waals surface area contributed by atoms with Gasteiger partial charge in [-0.3, -0.25) is 0 Å². The maximum Gasteiger partial charge on any atom is 0.346 e. The lowest BCUT2D eigenvalue weighted by Gasteiger charge is -2.16. The molecule has 32 heavy (non-hydrogen) atoms. The molecule has 174 valence electrons. The molecule has 2 aromatic rings. The first kappa shape index (κ1) is 25.6. The Morgan fingerprint density at radius 2 is 1.47 bits per heavy atom. The van der Waals surface area contributed by atoms with Crippen LogP contribution in [0.5, 0.6) is 5.75 Å². The van der Waals surface area contributed by atoms with Crippen molar-refractivity contribution in [3.8, 4) is 5.75 Å². The Morgan fingerprint density at radius 1 is 0.781 bits per heavy atom. The smallest absolute Gasteiger partial charge is 0.346 e. The van der Waals surface area contributed by atoms with Crippen molar-refractivity contribution < 1.29 is 19.1 Å². The molecule has 0 saturated heterocycles. The second-order valence-corrected chi connectivity index (χ2v) is 8.31. The van der Waals surface area contributed by atoms with Gasteiger partial charge in [-0.25, -0.2) is 9.59 Å². The molecule has 0 radical (unpaired) electrons. The van der Waals surface area contributed by atoms with Crippen LogP contribution in [0.1, 0.15) is 105 Å². The van der Waals surface area contributed by atoms with Crippen molar-refractivity contribution in [2.75, 3.05) is 0 Å². The summed E-state index contributed by atoms with van der Waals surface area (Å²) in [6, 6.07) is 14.2. The van der Waals surface area contributed by atoms with E-state index in [1.807, 2.05) is 12.1 Å². The van der Waals surface area contributed by atoms with Crippen molar-refractivity contribution in [1.29, 1.82) is 0 Å². The van der Waals surface area contributed by atoms with Gasteiger partial charge in [0.05, 0.1) is 17.2 Å². The minimum Gasteiger partial charge on any atom is -0.490 e. The van der Waals surface area contributed by atoms with Gasteiger partial charge in [0.2, 0.25) is 0 Å². The Labute approximate surface area is 193 Å². The van der Waals surface area contributed by atoms with Crippen LogP contribution in [0, 0.1) is 0 Å². The summed E-state index contributed by atoms with van der Waals surface area (Å²) in [6.45, 7) is 6.44. The molecule has 0 spiro atoms. The summed E-state index contributed by atoms with van der Waals surface area (Å²) < 4.78 is 11.1. The number of rotatable bonds is 14. The van der Waals surface area contributed by atoms with Crippen LogP contribution in [0.3, 0.4) is 0 Å². The van der Waals surface area contributed by atoms with Gasteiger partial charge in [0.15, 0.2) is 0 Å². The van der Waals surface area contributed by atoms with E-state index in [0.29, 0.717) is 11.1 Å². The number of carbonyl (C=O) groups is 2. The van der Waals surface area contributed by atoms with E-state index in [1.54, 1.807) is 36.4 Å². The van der Waals surface area contributed by atoms with Gasteiger partial charge in [-0.1, -0.05) is 77.5 Å². The summed E-state index contributed by atoms with van der Waals surface area (Å²) in [7, 11) is 0. The molecule has 4 heteroatoms. The topological polar surface area (TPSA) is 52.6 Å². The minimum atomic E-state index is -0.642. The predicted molar refractivity (Wildman–Crippen MR) is 129 cm³/mol. The Kier molecular flexibility index (Phi) is 11.6. The standard InChI is InChI=1S/C28H38O4/c1-4-7-8-9-10-11-15-22-16-12-13-17-26(22)28(30)32-27(29)23-18-20-25(21-19-23)31-24(6-3)14-5-2/h12-13,16-21,24H,4-11,14-15H2,1-3H3. The second-order valence-electron chi connectivity index (χ2n) is 8.31. The molecule has 0 N–H and O–H groups in total. The van der Waals surface area contributed by atoms with Gasteiger partial charge in [-0.05, 0) is 61.6 Å². The summed E-state index contributed by atoms with van der Waals surface area (Å²) in [5.41, 5.74) is 1.74. The average molecular weight is 439 g/mol. The number of benzene rings is 2. The van der Waals surface area contributed by atoms with Crippen LogP contribution >= 0.6 is 0 Å². The van der Waals surface area contributed by atoms with E-state index in [1.165, 1.54) is 25.7 Å². The van der Waals surface area contributed by atoms with Crippen LogP contribution in [-0.2, 0) is 11.2 Å². The van der Waals surface area contributed by atoms with Crippen molar-refractivity contribution in [3.05, 3.63) is 65.2 Å². The lowest BCUT2D eigenvalue weighted by Crippen LogP contribution is -2.16. The van der Waals surface area contributed by atoms with E-state index in [9.17, 15) is 9.59 Å². The summed E-state index contributed by atoms with van der Waals surface area (Å²) >= 11 is 0. The van der Waals surface area contributed by atoms with Crippen molar-refractivity contribution in [3.63, 3.8) is 0 Å². The zero-order valence-electron chi connectivity index (χ0n) is 19.9. The Morgan fingerprint density at radius 3 is 2.16 bits per heavy atom. The summed E-state index contributed by atoms with van der Waals surface area (Å²) in [6.07, 6.45) is 11.1. The highest BCUT2D eigenvalue weighted by molar-refractivity contribution is 6.03. The molecule has 0 aromatic heterocycles. The number of carbonyl (C=O) groups excluding carboxylic acids is 2. The van der Waals surface area contributed by atoms with Crippen molar-refractivity contribution in [2.24, 2.45) is 0 Å². The molecule has 0 saturated carbocycles. The molecule has 0 amide bonds. The normalized spacial score (nSPS) is 11.7. The average Bonchev–Trinajstić information content (AvgIpc) is 2.81. The van der Waals surface area contributed by atoms with Crippen LogP contribution in [-0.4, -0.2) is 18.0 Å². The van der Waals surface area contributed by atoms with E-state index in [2.05, 4.69) is 20.8 Å². The molecule has 2 rings (SSSR count). The molecular formula is C28H38O4. The van der Waals surface area contributed by atoms with Crippen LogP contribution < -0.4 is 4.74 Å². The minimum absolute atomic E-state index is 0.169. The predicted octanol–water partition coefficient (Wildman–Crippen LogP) is 7.54. The van der Waals surface area contributed by atoms with Crippen molar-refractivity contribution in [1.82, 2.24) is 0 Å². The van der Waals surface area contributed by atoms with Crippen molar-refractivity contribution in [2.45, 2.75) is 91.1 Å². The van der Waals surface area contributed by atoms with E-state index in [0.717, 1.165) is 49.8 Å². The number of hydrogen-bond donors (Lipinski definition) is 0. The Balaban J connectivity index is 1.92. The van der Waals surface area contributed by atoms with Crippen LogP contribution in [0.25, 0.3) is 0 Å². The number of esters is 2. The second kappa shape index (κ2) is 14.4. The first-order chi connectivity index (χ1) is 15.6. The molecule has 0 aliphatic carbocycles. The zero-order valence-corrected chi connectivity index (χ0v) is 19.9. The van der Waals surface area contributed by atoms with E-state index in [-0.39, 0.29) is 6.10 Å². The lowest BCUT2D eigenvalue weighted by molar-refractivity contribution is 0.0397. The Hall–Kier alpha value is -2.62. The number of aryl methyl sites for hydroxylation is 1. The third-order valence-corrected chi connectivity index (χ3v) is 5.68. The molecule has 0 aliphatic rings. The van der Waals surface area contributed by atoms with Crippen LogP contribution in [0.2, 0.25) is 0 Å². The van der Waals surface area contributed by atoms with Crippen LogP contribution in [0.4, 0.5) is 0 Å². The van der Waals surface area contributed by atoms with E-state index < -0.39 is 11.9 Å². The summed E-state index contributed by atoms with van der Waals surface area (Å²) in [5, 5.41) is 0. The first-order valence-electron chi connectivity index (χ1n) is 12.2. The Bertz CT molecular complexity index is 826. The maximum atomic E-state index is 12.7. The number of unbranched alkanes of at least 4 members (excludes halogenated alkanes) is 5. The molecule has 0 heterocycles. The highest BCUT2D eigenvalue weighted by Gasteiger charge is 2.18. The molecule has 0 aliphatic heterocycles. The number of ether oxygens (including phenoxy) is 2. The maximum absolute atomic E-state index is 12.7. The van der Waals surface area contributed by atoms with Gasteiger partial charge < -0.3 is 9.47 Å². The van der Waals surface area contributed by atoms with Gasteiger partial charge in [0, 0.05) is 0 Å². The van der Waals surface area contributed by atoms with Crippen LogP contribution in [0.15, 0.2) is 48.5 Å². The molecule has 4 nitrogen and oxygen atoms in total. The number of hydrogen-bond acceptors (Lipinski definition) is 4.